The fraction of sp³-hybridized carbons (Fsp3) is 0.278. The Morgan fingerprint density at radius 2 is 1.00 bits per heavy atom. The molecule has 0 unspecified atom stereocenters. The van der Waals surface area contributed by atoms with Crippen LogP contribution in [0, 0.1) is 0 Å². The van der Waals surface area contributed by atoms with Gasteiger partial charge in [-0.3, -0.25) is 9.80 Å². The van der Waals surface area contributed by atoms with Crippen molar-refractivity contribution in [2.45, 2.75) is 63.7 Å². The normalized spacial score (nSPS) is 18.1. The number of benzene rings is 3. The second-order valence-corrected chi connectivity index (χ2v) is 12.8. The molecule has 4 nitrogen and oxygen atoms in total. The first-order valence-corrected chi connectivity index (χ1v) is 15.0. The van der Waals surface area contributed by atoms with Gasteiger partial charge in [-0.1, -0.05) is 94.4 Å². The van der Waals surface area contributed by atoms with Crippen LogP contribution in [0.25, 0.3) is 0 Å². The van der Waals surface area contributed by atoms with E-state index in [2.05, 4.69) is 9.97 Å². The van der Waals surface area contributed by atoms with Crippen LogP contribution < -0.4 is 9.80 Å². The minimum absolute atomic E-state index is 0.324. The average molecular weight is 633 g/mol. The van der Waals surface area contributed by atoms with E-state index in [4.69, 9.17) is 0 Å². The summed E-state index contributed by atoms with van der Waals surface area (Å²) in [6.45, 7) is 8.09. The van der Waals surface area contributed by atoms with Crippen LogP contribution in [0.5, 0.6) is 0 Å². The van der Waals surface area contributed by atoms with Crippen LogP contribution >= 0.6 is 0 Å². The van der Waals surface area contributed by atoms with Crippen molar-refractivity contribution in [1.29, 1.82) is 0 Å². The van der Waals surface area contributed by atoms with Crippen molar-refractivity contribution in [1.82, 2.24) is 9.97 Å². The van der Waals surface area contributed by atoms with E-state index in [1.807, 2.05) is 76.2 Å². The van der Waals surface area contributed by atoms with Gasteiger partial charge in [-0.2, -0.15) is 26.3 Å². The molecule has 3 aliphatic rings. The van der Waals surface area contributed by atoms with Crippen molar-refractivity contribution in [3.05, 3.63) is 124 Å². The summed E-state index contributed by atoms with van der Waals surface area (Å²) in [6, 6.07) is 21.7. The highest BCUT2D eigenvalue weighted by Gasteiger charge is 2.50. The molecule has 0 fully saturated rings. The molecule has 0 atom stereocenters. The molecule has 10 heteroatoms. The molecule has 46 heavy (non-hydrogen) atoms. The molecule has 0 saturated heterocycles. The quantitative estimate of drug-likeness (QED) is 0.206. The average Bonchev–Trinajstić information content (AvgIpc) is 3.01. The third-order valence-corrected chi connectivity index (χ3v) is 9.36. The van der Waals surface area contributed by atoms with Gasteiger partial charge in [0.1, 0.15) is 0 Å². The highest BCUT2D eigenvalue weighted by molar-refractivity contribution is 5.91. The van der Waals surface area contributed by atoms with Gasteiger partial charge in [-0.15, -0.1) is 0 Å². The lowest BCUT2D eigenvalue weighted by atomic mass is 9.71. The molecular formula is C36H30F6N4. The number of anilines is 5. The zero-order valence-electron chi connectivity index (χ0n) is 25.6. The SMILES string of the molecule is CC1(C)C2=C(CCC=C2)N(c2nc(C(F)(F)F)c(C(F)(F)F)nc2N2c3ccccc3C(C)(C)c3ccccc32)c2ccccc21. The van der Waals surface area contributed by atoms with E-state index in [-0.39, 0.29) is 11.6 Å². The second kappa shape index (κ2) is 9.95. The third-order valence-electron chi connectivity index (χ3n) is 9.36. The van der Waals surface area contributed by atoms with Crippen molar-refractivity contribution in [3.8, 4) is 0 Å². The van der Waals surface area contributed by atoms with E-state index in [0.29, 0.717) is 35.6 Å². The maximum atomic E-state index is 14.6. The van der Waals surface area contributed by atoms with Crippen LogP contribution in [-0.2, 0) is 23.2 Å². The van der Waals surface area contributed by atoms with Crippen molar-refractivity contribution < 1.29 is 26.3 Å². The summed E-state index contributed by atoms with van der Waals surface area (Å²) in [6.07, 6.45) is -5.84. The van der Waals surface area contributed by atoms with Gasteiger partial charge < -0.3 is 0 Å². The Kier molecular flexibility index (Phi) is 6.50. The predicted molar refractivity (Wildman–Crippen MR) is 166 cm³/mol. The van der Waals surface area contributed by atoms with Crippen LogP contribution in [0.3, 0.4) is 0 Å². The summed E-state index contributed by atoms with van der Waals surface area (Å²) < 4.78 is 87.4. The van der Waals surface area contributed by atoms with Crippen LogP contribution in [0.4, 0.5) is 55.0 Å². The Bertz CT molecular complexity index is 1900. The van der Waals surface area contributed by atoms with Gasteiger partial charge in [-0.05, 0) is 53.3 Å². The minimum Gasteiger partial charge on any atom is -0.295 e. The van der Waals surface area contributed by atoms with Gasteiger partial charge in [-0.25, -0.2) is 9.97 Å². The molecule has 4 aromatic rings. The number of aromatic nitrogens is 2. The Morgan fingerprint density at radius 1 is 0.587 bits per heavy atom. The Balaban J connectivity index is 1.64. The molecule has 3 aromatic carbocycles. The maximum Gasteiger partial charge on any atom is 0.435 e. The number of hydrogen-bond acceptors (Lipinski definition) is 4. The number of para-hydroxylation sites is 3. The fourth-order valence-corrected chi connectivity index (χ4v) is 7.19. The third kappa shape index (κ3) is 4.36. The van der Waals surface area contributed by atoms with Gasteiger partial charge >= 0.3 is 12.4 Å². The van der Waals surface area contributed by atoms with E-state index >= 15 is 0 Å². The zero-order valence-corrected chi connectivity index (χ0v) is 25.6. The van der Waals surface area contributed by atoms with E-state index in [9.17, 15) is 26.3 Å². The summed E-state index contributed by atoms with van der Waals surface area (Å²) in [4.78, 5) is 11.0. The van der Waals surface area contributed by atoms with Crippen molar-refractivity contribution in [2.24, 2.45) is 0 Å². The lowest BCUT2D eigenvalue weighted by Crippen LogP contribution is -2.37. The molecule has 0 amide bonds. The molecule has 0 saturated carbocycles. The summed E-state index contributed by atoms with van der Waals surface area (Å²) in [5.41, 5.74) is 0.234. The first kappa shape index (κ1) is 30.1. The summed E-state index contributed by atoms with van der Waals surface area (Å²) in [5.74, 6) is -0.665. The summed E-state index contributed by atoms with van der Waals surface area (Å²) in [7, 11) is 0. The van der Waals surface area contributed by atoms with Gasteiger partial charge in [0.25, 0.3) is 0 Å². The van der Waals surface area contributed by atoms with E-state index in [1.165, 1.54) is 4.90 Å². The number of fused-ring (bicyclic) bond motifs is 3. The predicted octanol–water partition coefficient (Wildman–Crippen LogP) is 10.7. The van der Waals surface area contributed by atoms with Crippen LogP contribution in [-0.4, -0.2) is 9.97 Å². The number of halogens is 6. The zero-order chi connectivity index (χ0) is 32.8. The number of nitrogens with zero attached hydrogens (tertiary/aromatic N) is 4. The van der Waals surface area contributed by atoms with Crippen LogP contribution in [0.2, 0.25) is 0 Å². The van der Waals surface area contributed by atoms with Crippen molar-refractivity contribution in [3.63, 3.8) is 0 Å². The minimum atomic E-state index is -5.43. The summed E-state index contributed by atoms with van der Waals surface area (Å²) in [5, 5.41) is 0. The molecule has 3 heterocycles. The largest absolute Gasteiger partial charge is 0.435 e. The fourth-order valence-electron chi connectivity index (χ4n) is 7.19. The number of allylic oxidation sites excluding steroid dienone is 4. The van der Waals surface area contributed by atoms with Crippen molar-refractivity contribution in [2.75, 3.05) is 9.80 Å². The highest BCUT2D eigenvalue weighted by Crippen LogP contribution is 2.57. The number of hydrogen-bond donors (Lipinski definition) is 0. The lowest BCUT2D eigenvalue weighted by Gasteiger charge is -2.46. The number of rotatable bonds is 2. The lowest BCUT2D eigenvalue weighted by molar-refractivity contribution is -0.167. The smallest absolute Gasteiger partial charge is 0.295 e. The van der Waals surface area contributed by atoms with E-state index < -0.39 is 34.6 Å². The van der Waals surface area contributed by atoms with Gasteiger partial charge in [0.2, 0.25) is 0 Å². The van der Waals surface area contributed by atoms with Gasteiger partial charge in [0.15, 0.2) is 23.0 Å². The monoisotopic (exact) mass is 632 g/mol. The Labute approximate surface area is 262 Å². The standard InChI is InChI=1S/C36H30F6N4/c1-33(2)21-13-5-9-17-25(21)45(26-18-10-6-14-22(26)33)31-32(44-30(36(40,41)42)29(43-31)35(37,38)39)46-27-19-11-7-15-23(27)34(3,4)24-16-8-12-20-28(24)46/h5-11,13-19H,12,20H2,1-4H3. The first-order valence-electron chi connectivity index (χ1n) is 15.0. The second-order valence-electron chi connectivity index (χ2n) is 12.8. The van der Waals surface area contributed by atoms with Crippen LogP contribution in [0.1, 0.15) is 68.6 Å². The maximum absolute atomic E-state index is 14.6. The molecule has 1 aromatic heterocycles. The van der Waals surface area contributed by atoms with Crippen LogP contribution in [0.15, 0.2) is 96.2 Å². The van der Waals surface area contributed by atoms with Gasteiger partial charge in [0, 0.05) is 16.5 Å². The molecule has 7 rings (SSSR count). The molecule has 1 aliphatic carbocycles. The molecule has 0 N–H and O–H groups in total. The van der Waals surface area contributed by atoms with E-state index in [1.54, 1.807) is 41.3 Å². The highest BCUT2D eigenvalue weighted by atomic mass is 19.4. The molecule has 0 spiro atoms. The molecule has 236 valence electrons. The Morgan fingerprint density at radius 3 is 1.48 bits per heavy atom. The molecular weight excluding hydrogens is 602 g/mol. The molecule has 0 radical (unpaired) electrons. The number of alkyl halides is 6. The molecule has 0 bridgehead atoms. The topological polar surface area (TPSA) is 32.3 Å². The summed E-state index contributed by atoms with van der Waals surface area (Å²) >= 11 is 0. The first-order chi connectivity index (χ1) is 21.6. The molecule has 2 aliphatic heterocycles. The van der Waals surface area contributed by atoms with Gasteiger partial charge in [0.05, 0.1) is 17.1 Å². The Hall–Kier alpha value is -4.60. The van der Waals surface area contributed by atoms with E-state index in [0.717, 1.165) is 22.3 Å². The van der Waals surface area contributed by atoms with Crippen molar-refractivity contribution >= 4 is 28.7 Å².